The highest BCUT2D eigenvalue weighted by atomic mass is 127. The molecule has 0 radical (unpaired) electrons. The summed E-state index contributed by atoms with van der Waals surface area (Å²) >= 11 is 0. The molecule has 0 aromatic rings. The van der Waals surface area contributed by atoms with Gasteiger partial charge in [-0.2, -0.15) is 0 Å². The Labute approximate surface area is 166 Å². The van der Waals surface area contributed by atoms with E-state index in [-0.39, 0.29) is 24.0 Å². The summed E-state index contributed by atoms with van der Waals surface area (Å²) in [5.41, 5.74) is 0. The lowest BCUT2D eigenvalue weighted by molar-refractivity contribution is 0.160. The van der Waals surface area contributed by atoms with Crippen molar-refractivity contribution in [2.24, 2.45) is 10.9 Å². The number of nitrogens with one attached hydrogen (secondary N) is 2. The Morgan fingerprint density at radius 3 is 2.46 bits per heavy atom. The van der Waals surface area contributed by atoms with E-state index in [0.717, 1.165) is 24.8 Å². The van der Waals surface area contributed by atoms with E-state index in [1.54, 1.807) is 0 Å². The standard InChI is InChI=1S/C19H36N4.HI/c1-3-4-8-13-21-19(20-2)22-18-11-14-23(15-12-18)16-17-9-6-5-7-10-17;/h3-4,17-18H,5-16H2,1-2H3,(H2,20,21,22);1H/b4-3+;. The number of aliphatic imine (C=N–C) groups is 1. The van der Waals surface area contributed by atoms with Gasteiger partial charge in [-0.1, -0.05) is 31.4 Å². The summed E-state index contributed by atoms with van der Waals surface area (Å²) in [4.78, 5) is 7.04. The number of allylic oxidation sites excluding steroid dienone is 1. The molecule has 0 spiro atoms. The molecular weight excluding hydrogens is 411 g/mol. The maximum absolute atomic E-state index is 4.35. The molecule has 140 valence electrons. The quantitative estimate of drug-likeness (QED) is 0.214. The molecule has 5 heteroatoms. The van der Waals surface area contributed by atoms with Gasteiger partial charge in [0.15, 0.2) is 5.96 Å². The average Bonchev–Trinajstić information content (AvgIpc) is 2.60. The van der Waals surface area contributed by atoms with Crippen LogP contribution < -0.4 is 10.6 Å². The van der Waals surface area contributed by atoms with Crippen LogP contribution in [0.15, 0.2) is 17.1 Å². The van der Waals surface area contributed by atoms with E-state index < -0.39 is 0 Å². The van der Waals surface area contributed by atoms with Crippen LogP contribution in [0, 0.1) is 5.92 Å². The van der Waals surface area contributed by atoms with E-state index in [4.69, 9.17) is 0 Å². The summed E-state index contributed by atoms with van der Waals surface area (Å²) in [6.45, 7) is 6.83. The molecule has 0 amide bonds. The first kappa shape index (κ1) is 21.7. The summed E-state index contributed by atoms with van der Waals surface area (Å²) in [7, 11) is 1.86. The second kappa shape index (κ2) is 13.0. The summed E-state index contributed by atoms with van der Waals surface area (Å²) in [5, 5.41) is 7.00. The van der Waals surface area contributed by atoms with E-state index in [1.807, 2.05) is 7.05 Å². The van der Waals surface area contributed by atoms with Crippen LogP contribution in [-0.4, -0.2) is 50.1 Å². The predicted molar refractivity (Wildman–Crippen MR) is 115 cm³/mol. The fraction of sp³-hybridized carbons (Fsp3) is 0.842. The highest BCUT2D eigenvalue weighted by Crippen LogP contribution is 2.25. The minimum Gasteiger partial charge on any atom is -0.356 e. The third kappa shape index (κ3) is 8.19. The van der Waals surface area contributed by atoms with Gasteiger partial charge in [0.2, 0.25) is 0 Å². The molecule has 1 aliphatic heterocycles. The van der Waals surface area contributed by atoms with Gasteiger partial charge in [-0.25, -0.2) is 0 Å². The lowest BCUT2D eigenvalue weighted by atomic mass is 9.88. The molecule has 2 aliphatic rings. The summed E-state index contributed by atoms with van der Waals surface area (Å²) in [6, 6.07) is 0.575. The fourth-order valence-corrected chi connectivity index (χ4v) is 3.82. The molecule has 0 atom stereocenters. The van der Waals surface area contributed by atoms with Gasteiger partial charge in [-0.15, -0.1) is 24.0 Å². The van der Waals surface area contributed by atoms with Crippen LogP contribution in [0.25, 0.3) is 0 Å². The van der Waals surface area contributed by atoms with Crippen molar-refractivity contribution in [3.63, 3.8) is 0 Å². The van der Waals surface area contributed by atoms with E-state index >= 15 is 0 Å². The van der Waals surface area contributed by atoms with Gasteiger partial charge in [-0.05, 0) is 44.9 Å². The zero-order valence-electron chi connectivity index (χ0n) is 15.6. The zero-order valence-corrected chi connectivity index (χ0v) is 17.9. The predicted octanol–water partition coefficient (Wildman–Crippen LogP) is 3.78. The summed E-state index contributed by atoms with van der Waals surface area (Å²) < 4.78 is 0. The normalized spacial score (nSPS) is 21.7. The molecule has 0 unspecified atom stereocenters. The van der Waals surface area contributed by atoms with Crippen LogP contribution in [0.1, 0.15) is 58.3 Å². The Morgan fingerprint density at radius 2 is 1.83 bits per heavy atom. The number of piperidine rings is 1. The number of halogens is 1. The van der Waals surface area contributed by atoms with Gasteiger partial charge >= 0.3 is 0 Å². The van der Waals surface area contributed by atoms with Crippen molar-refractivity contribution < 1.29 is 0 Å². The number of hydrogen-bond acceptors (Lipinski definition) is 2. The fourth-order valence-electron chi connectivity index (χ4n) is 3.82. The molecule has 1 heterocycles. The first-order valence-electron chi connectivity index (χ1n) is 9.62. The molecule has 0 aromatic heterocycles. The van der Waals surface area contributed by atoms with Gasteiger partial charge in [0.05, 0.1) is 0 Å². The molecule has 2 N–H and O–H groups in total. The zero-order chi connectivity index (χ0) is 16.3. The highest BCUT2D eigenvalue weighted by Gasteiger charge is 2.23. The molecule has 24 heavy (non-hydrogen) atoms. The van der Waals surface area contributed by atoms with Crippen molar-refractivity contribution >= 4 is 29.9 Å². The Bertz CT molecular complexity index is 370. The van der Waals surface area contributed by atoms with Crippen molar-refractivity contribution in [1.82, 2.24) is 15.5 Å². The van der Waals surface area contributed by atoms with Crippen LogP contribution >= 0.6 is 24.0 Å². The van der Waals surface area contributed by atoms with E-state index in [1.165, 1.54) is 64.6 Å². The maximum Gasteiger partial charge on any atom is 0.191 e. The summed E-state index contributed by atoms with van der Waals surface area (Å²) in [5.74, 6) is 1.93. The molecule has 0 bridgehead atoms. The van der Waals surface area contributed by atoms with Crippen LogP contribution in [-0.2, 0) is 0 Å². The first-order valence-corrected chi connectivity index (χ1v) is 9.62. The van der Waals surface area contributed by atoms with Crippen molar-refractivity contribution in [1.29, 1.82) is 0 Å². The Kier molecular flexibility index (Phi) is 11.8. The van der Waals surface area contributed by atoms with E-state index in [9.17, 15) is 0 Å². The number of nitrogens with zero attached hydrogens (tertiary/aromatic N) is 2. The number of hydrogen-bond donors (Lipinski definition) is 2. The van der Waals surface area contributed by atoms with Gasteiger partial charge in [0.1, 0.15) is 0 Å². The molecule has 1 saturated carbocycles. The number of guanidine groups is 1. The third-order valence-electron chi connectivity index (χ3n) is 5.23. The molecule has 1 saturated heterocycles. The second-order valence-electron chi connectivity index (χ2n) is 7.08. The van der Waals surface area contributed by atoms with Gasteiger partial charge in [0.25, 0.3) is 0 Å². The smallest absolute Gasteiger partial charge is 0.191 e. The van der Waals surface area contributed by atoms with Gasteiger partial charge in [-0.3, -0.25) is 4.99 Å². The minimum atomic E-state index is 0. The van der Waals surface area contributed by atoms with Crippen LogP contribution in [0.2, 0.25) is 0 Å². The molecule has 0 aromatic carbocycles. The Morgan fingerprint density at radius 1 is 1.12 bits per heavy atom. The van der Waals surface area contributed by atoms with Crippen molar-refractivity contribution in [2.75, 3.05) is 33.2 Å². The van der Waals surface area contributed by atoms with Crippen molar-refractivity contribution in [3.05, 3.63) is 12.2 Å². The topological polar surface area (TPSA) is 39.7 Å². The lowest BCUT2D eigenvalue weighted by Gasteiger charge is -2.36. The second-order valence-corrected chi connectivity index (χ2v) is 7.08. The maximum atomic E-state index is 4.35. The molecule has 4 nitrogen and oxygen atoms in total. The minimum absolute atomic E-state index is 0. The van der Waals surface area contributed by atoms with Gasteiger partial charge < -0.3 is 15.5 Å². The SMILES string of the molecule is C/C=C/CCNC(=NC)NC1CCN(CC2CCCCC2)CC1.I. The molecule has 2 rings (SSSR count). The Balaban J connectivity index is 0.00000288. The first-order chi connectivity index (χ1) is 11.3. The molecular formula is C19H37IN4. The average molecular weight is 448 g/mol. The van der Waals surface area contributed by atoms with Crippen LogP contribution in [0.4, 0.5) is 0 Å². The van der Waals surface area contributed by atoms with Crippen molar-refractivity contribution in [3.8, 4) is 0 Å². The lowest BCUT2D eigenvalue weighted by Crippen LogP contribution is -2.49. The molecule has 1 aliphatic carbocycles. The summed E-state index contributed by atoms with van der Waals surface area (Å²) in [6.07, 6.45) is 15.1. The van der Waals surface area contributed by atoms with Crippen LogP contribution in [0.5, 0.6) is 0 Å². The van der Waals surface area contributed by atoms with Gasteiger partial charge in [0, 0.05) is 39.3 Å². The van der Waals surface area contributed by atoms with Crippen LogP contribution in [0.3, 0.4) is 0 Å². The largest absolute Gasteiger partial charge is 0.356 e. The molecule has 2 fully saturated rings. The monoisotopic (exact) mass is 448 g/mol. The van der Waals surface area contributed by atoms with E-state index in [0.29, 0.717) is 6.04 Å². The number of likely N-dealkylation sites (tertiary alicyclic amines) is 1. The Hall–Kier alpha value is -0.300. The van der Waals surface area contributed by atoms with Crippen molar-refractivity contribution in [2.45, 2.75) is 64.3 Å². The highest BCUT2D eigenvalue weighted by molar-refractivity contribution is 14.0. The third-order valence-corrected chi connectivity index (χ3v) is 5.23. The van der Waals surface area contributed by atoms with E-state index in [2.05, 4.69) is 39.6 Å². The number of rotatable bonds is 6.